The average Bonchev–Trinajstić information content (AvgIpc) is 2.67. The first kappa shape index (κ1) is 17.1. The van der Waals surface area contributed by atoms with Crippen LogP contribution in [0.1, 0.15) is 34.1 Å². The van der Waals surface area contributed by atoms with Gasteiger partial charge in [0, 0.05) is 6.54 Å². The highest BCUT2D eigenvalue weighted by molar-refractivity contribution is 5.88. The number of hydrogen-bond donors (Lipinski definition) is 1. The highest BCUT2D eigenvalue weighted by Gasteiger charge is 2.39. The van der Waals surface area contributed by atoms with Crippen molar-refractivity contribution in [1.82, 2.24) is 5.32 Å². The molecule has 1 heterocycles. The summed E-state index contributed by atoms with van der Waals surface area (Å²) in [4.78, 5) is 11.5. The third kappa shape index (κ3) is 3.69. The molecule has 1 rings (SSSR count). The zero-order chi connectivity index (χ0) is 13.2. The first-order chi connectivity index (χ1) is 7.65. The van der Waals surface area contributed by atoms with E-state index in [9.17, 15) is 4.79 Å². The Labute approximate surface area is 100 Å². The topological polar surface area (TPSA) is 29.1 Å². The molecule has 1 aliphatic heterocycles. The Morgan fingerprint density at radius 2 is 1.94 bits per heavy atom. The molecule has 1 amide bonds. The monoisotopic (exact) mass is 223 g/mol. The van der Waals surface area contributed by atoms with Crippen molar-refractivity contribution in [1.29, 1.82) is 0 Å². The second kappa shape index (κ2) is 8.96. The van der Waals surface area contributed by atoms with Gasteiger partial charge in [0.15, 0.2) is 0 Å². The summed E-state index contributed by atoms with van der Waals surface area (Å²) in [6.45, 7) is 18.4. The molecule has 0 aromatic heterocycles. The first-order valence-electron chi connectivity index (χ1n) is 5.72. The molecule has 1 aliphatic rings. The van der Waals surface area contributed by atoms with Gasteiger partial charge in [-0.25, -0.2) is 0 Å². The van der Waals surface area contributed by atoms with Crippen LogP contribution in [0, 0.1) is 5.41 Å². The van der Waals surface area contributed by atoms with Crippen LogP contribution in [0.4, 0.5) is 0 Å². The lowest BCUT2D eigenvalue weighted by atomic mass is 9.80. The van der Waals surface area contributed by atoms with Gasteiger partial charge in [0.1, 0.15) is 0 Å². The number of carbonyl (C=O) groups excluding carboxylic acids is 1. The van der Waals surface area contributed by atoms with Crippen LogP contribution >= 0.6 is 0 Å². The van der Waals surface area contributed by atoms with Crippen molar-refractivity contribution < 1.29 is 4.79 Å². The Hall–Kier alpha value is -1.31. The second-order valence-corrected chi connectivity index (χ2v) is 3.29. The van der Waals surface area contributed by atoms with Crippen molar-refractivity contribution in [2.24, 2.45) is 5.41 Å². The van der Waals surface area contributed by atoms with Crippen LogP contribution in [0.2, 0.25) is 0 Å². The summed E-state index contributed by atoms with van der Waals surface area (Å²) in [5.41, 5.74) is 0.689. The summed E-state index contributed by atoms with van der Waals surface area (Å²) in [5, 5.41) is 2.83. The van der Waals surface area contributed by atoms with Crippen molar-refractivity contribution in [3.63, 3.8) is 0 Å². The van der Waals surface area contributed by atoms with Gasteiger partial charge < -0.3 is 5.32 Å². The van der Waals surface area contributed by atoms with E-state index < -0.39 is 0 Å². The van der Waals surface area contributed by atoms with Gasteiger partial charge >= 0.3 is 0 Å². The van der Waals surface area contributed by atoms with Crippen LogP contribution in [-0.4, -0.2) is 12.5 Å². The molecule has 0 aromatic carbocycles. The number of carbonyl (C=O) groups is 1. The van der Waals surface area contributed by atoms with E-state index in [-0.39, 0.29) is 11.3 Å². The summed E-state index contributed by atoms with van der Waals surface area (Å²) in [6, 6.07) is 0. The second-order valence-electron chi connectivity index (χ2n) is 3.29. The summed E-state index contributed by atoms with van der Waals surface area (Å²) >= 11 is 0. The third-order valence-corrected chi connectivity index (χ3v) is 2.58. The Bertz CT molecular complexity index is 255. The summed E-state index contributed by atoms with van der Waals surface area (Å²) < 4.78 is 0. The molecule has 1 saturated heterocycles. The van der Waals surface area contributed by atoms with E-state index in [2.05, 4.69) is 25.1 Å². The Balaban J connectivity index is 0. The maximum atomic E-state index is 11.5. The number of allylic oxidation sites excluding steroid dienone is 2. The predicted octanol–water partition coefficient (Wildman–Crippen LogP) is 3.47. The lowest BCUT2D eigenvalue weighted by Crippen LogP contribution is -2.29. The lowest BCUT2D eigenvalue weighted by molar-refractivity contribution is -0.125. The molecule has 1 fully saturated rings. The van der Waals surface area contributed by atoms with Gasteiger partial charge in [0.05, 0.1) is 5.41 Å². The van der Waals surface area contributed by atoms with Crippen LogP contribution in [0.25, 0.3) is 0 Å². The van der Waals surface area contributed by atoms with E-state index >= 15 is 0 Å². The quantitative estimate of drug-likeness (QED) is 0.563. The van der Waals surface area contributed by atoms with Crippen molar-refractivity contribution in [2.45, 2.75) is 34.1 Å². The van der Waals surface area contributed by atoms with Crippen molar-refractivity contribution >= 4 is 5.91 Å². The van der Waals surface area contributed by atoms with Crippen molar-refractivity contribution in [2.75, 3.05) is 6.54 Å². The van der Waals surface area contributed by atoms with Gasteiger partial charge in [0.2, 0.25) is 5.91 Å². The standard InChI is InChI=1S/C10H15NO.C2H6.C2H4/c1-4-8(5-2)10(3)6-7-11-9(10)12;2*1-2/h4-5H,1,6-7H2,2-3H3,(H,11,12);1-2H3;1-2H2/b8-5+;;. The molecule has 0 aliphatic carbocycles. The molecule has 0 radical (unpaired) electrons. The minimum atomic E-state index is -0.337. The van der Waals surface area contributed by atoms with E-state index in [0.29, 0.717) is 0 Å². The highest BCUT2D eigenvalue weighted by atomic mass is 16.2. The average molecular weight is 223 g/mol. The normalized spacial score (nSPS) is 23.2. The molecule has 0 spiro atoms. The van der Waals surface area contributed by atoms with Gasteiger partial charge in [0.25, 0.3) is 0 Å². The van der Waals surface area contributed by atoms with E-state index in [1.54, 1.807) is 6.08 Å². The molecule has 1 N–H and O–H groups in total. The largest absolute Gasteiger partial charge is 0.355 e. The lowest BCUT2D eigenvalue weighted by Gasteiger charge is -2.21. The predicted molar refractivity (Wildman–Crippen MR) is 72.3 cm³/mol. The Morgan fingerprint density at radius 3 is 2.19 bits per heavy atom. The minimum Gasteiger partial charge on any atom is -0.355 e. The summed E-state index contributed by atoms with van der Waals surface area (Å²) in [6.07, 6.45) is 4.60. The fraction of sp³-hybridized carbons (Fsp3) is 0.500. The molecule has 1 atom stereocenters. The summed E-state index contributed by atoms with van der Waals surface area (Å²) in [7, 11) is 0. The molecular weight excluding hydrogens is 198 g/mol. The van der Waals surface area contributed by atoms with Crippen molar-refractivity contribution in [3.05, 3.63) is 37.5 Å². The molecule has 2 heteroatoms. The van der Waals surface area contributed by atoms with Gasteiger partial charge in [-0.05, 0) is 25.8 Å². The smallest absolute Gasteiger partial charge is 0.230 e. The molecule has 16 heavy (non-hydrogen) atoms. The summed E-state index contributed by atoms with van der Waals surface area (Å²) in [5.74, 6) is 0.121. The molecule has 0 bridgehead atoms. The fourth-order valence-corrected chi connectivity index (χ4v) is 1.67. The molecule has 92 valence electrons. The Kier molecular flexibility index (Phi) is 9.57. The van der Waals surface area contributed by atoms with Crippen LogP contribution in [0.15, 0.2) is 37.5 Å². The SMILES string of the molecule is C=C.C=C/C(=C\C)C1(C)CCNC1=O.CC. The van der Waals surface area contributed by atoms with Gasteiger partial charge in [-0.2, -0.15) is 0 Å². The Morgan fingerprint density at radius 1 is 1.44 bits per heavy atom. The van der Waals surface area contributed by atoms with Gasteiger partial charge in [-0.3, -0.25) is 4.79 Å². The van der Waals surface area contributed by atoms with Gasteiger partial charge in [-0.15, -0.1) is 13.2 Å². The van der Waals surface area contributed by atoms with E-state index in [1.165, 1.54) is 0 Å². The first-order valence-corrected chi connectivity index (χ1v) is 5.72. The fourth-order valence-electron chi connectivity index (χ4n) is 1.67. The van der Waals surface area contributed by atoms with Crippen LogP contribution < -0.4 is 5.32 Å². The van der Waals surface area contributed by atoms with Crippen molar-refractivity contribution in [3.8, 4) is 0 Å². The van der Waals surface area contributed by atoms with E-state index in [1.807, 2.05) is 33.8 Å². The zero-order valence-electron chi connectivity index (χ0n) is 11.1. The molecule has 2 nitrogen and oxygen atoms in total. The van der Waals surface area contributed by atoms with E-state index in [4.69, 9.17) is 0 Å². The van der Waals surface area contributed by atoms with Crippen LogP contribution in [0.3, 0.4) is 0 Å². The molecule has 0 saturated carbocycles. The number of rotatable bonds is 2. The molecule has 1 unspecified atom stereocenters. The number of hydrogen-bond acceptors (Lipinski definition) is 1. The van der Waals surface area contributed by atoms with Crippen LogP contribution in [-0.2, 0) is 4.79 Å². The third-order valence-electron chi connectivity index (χ3n) is 2.58. The molecule has 0 aromatic rings. The number of amides is 1. The molecular formula is C14H25NO. The maximum Gasteiger partial charge on any atom is 0.230 e. The minimum absolute atomic E-state index is 0.121. The highest BCUT2D eigenvalue weighted by Crippen LogP contribution is 2.34. The number of nitrogens with one attached hydrogen (secondary N) is 1. The van der Waals surface area contributed by atoms with Gasteiger partial charge in [-0.1, -0.05) is 32.6 Å². The van der Waals surface area contributed by atoms with E-state index in [0.717, 1.165) is 18.5 Å². The van der Waals surface area contributed by atoms with Crippen LogP contribution in [0.5, 0.6) is 0 Å². The maximum absolute atomic E-state index is 11.5. The zero-order valence-corrected chi connectivity index (χ0v) is 11.1.